The van der Waals surface area contributed by atoms with Gasteiger partial charge < -0.3 is 10.2 Å². The quantitative estimate of drug-likeness (QED) is 0.851. The second-order valence-electron chi connectivity index (χ2n) is 6.24. The van der Waals surface area contributed by atoms with Crippen molar-refractivity contribution < 1.29 is 0 Å². The molecule has 1 aromatic rings. The highest BCUT2D eigenvalue weighted by molar-refractivity contribution is 5.46. The van der Waals surface area contributed by atoms with Crippen LogP contribution in [0.3, 0.4) is 0 Å². The first-order chi connectivity index (χ1) is 8.36. The van der Waals surface area contributed by atoms with Crippen LogP contribution in [0, 0.1) is 5.41 Å². The first-order valence-corrected chi connectivity index (χ1v) is 6.87. The van der Waals surface area contributed by atoms with Crippen LogP contribution in [0.15, 0.2) is 24.3 Å². The molecule has 1 atom stereocenters. The third kappa shape index (κ3) is 4.02. The van der Waals surface area contributed by atoms with Crippen LogP contribution in [0.25, 0.3) is 0 Å². The van der Waals surface area contributed by atoms with Gasteiger partial charge in [-0.2, -0.15) is 0 Å². The molecule has 18 heavy (non-hydrogen) atoms. The largest absolute Gasteiger partial charge is 0.378 e. The predicted molar refractivity (Wildman–Crippen MR) is 81.3 cm³/mol. The van der Waals surface area contributed by atoms with E-state index in [0.717, 1.165) is 6.54 Å². The number of anilines is 1. The van der Waals surface area contributed by atoms with Crippen molar-refractivity contribution in [2.45, 2.75) is 40.2 Å². The van der Waals surface area contributed by atoms with Crippen molar-refractivity contribution in [3.63, 3.8) is 0 Å². The Bertz CT molecular complexity index is 346. The molecule has 1 aromatic carbocycles. The minimum atomic E-state index is 0.231. The smallest absolute Gasteiger partial charge is 0.0369 e. The summed E-state index contributed by atoms with van der Waals surface area (Å²) in [7, 11) is 4.15. The van der Waals surface area contributed by atoms with E-state index in [1.165, 1.54) is 17.7 Å². The number of rotatable bonds is 5. The maximum Gasteiger partial charge on any atom is 0.0369 e. The van der Waals surface area contributed by atoms with Gasteiger partial charge in [0.25, 0.3) is 0 Å². The number of nitrogens with one attached hydrogen (secondary N) is 1. The van der Waals surface area contributed by atoms with Crippen LogP contribution in [0.1, 0.15) is 45.7 Å². The maximum atomic E-state index is 3.66. The molecule has 1 unspecified atom stereocenters. The molecule has 0 heterocycles. The van der Waals surface area contributed by atoms with E-state index in [2.05, 4.69) is 76.3 Å². The summed E-state index contributed by atoms with van der Waals surface area (Å²) in [5.74, 6) is 0. The van der Waals surface area contributed by atoms with Crippen LogP contribution in [-0.2, 0) is 0 Å². The standard InChI is InChI=1S/C16H28N2/c1-7-12-17-15(16(2,3)4)13-8-10-14(11-9-13)18(5)6/h8-11,15,17H,7,12H2,1-6H3. The molecule has 102 valence electrons. The molecule has 0 fully saturated rings. The molecule has 0 radical (unpaired) electrons. The summed E-state index contributed by atoms with van der Waals surface area (Å²) in [6.45, 7) is 10.2. The summed E-state index contributed by atoms with van der Waals surface area (Å²) in [6, 6.07) is 9.29. The lowest BCUT2D eigenvalue weighted by atomic mass is 9.82. The van der Waals surface area contributed by atoms with Gasteiger partial charge in [-0.15, -0.1) is 0 Å². The van der Waals surface area contributed by atoms with E-state index in [9.17, 15) is 0 Å². The Morgan fingerprint density at radius 3 is 2.06 bits per heavy atom. The summed E-state index contributed by atoms with van der Waals surface area (Å²) in [5.41, 5.74) is 2.86. The van der Waals surface area contributed by atoms with Gasteiger partial charge >= 0.3 is 0 Å². The summed E-state index contributed by atoms with van der Waals surface area (Å²) in [4.78, 5) is 2.13. The van der Waals surface area contributed by atoms with E-state index >= 15 is 0 Å². The Kier molecular flexibility index (Phi) is 5.21. The molecule has 0 amide bonds. The van der Waals surface area contributed by atoms with E-state index in [4.69, 9.17) is 0 Å². The van der Waals surface area contributed by atoms with Crippen LogP contribution in [-0.4, -0.2) is 20.6 Å². The average molecular weight is 248 g/mol. The van der Waals surface area contributed by atoms with E-state index in [-0.39, 0.29) is 5.41 Å². The number of benzene rings is 1. The van der Waals surface area contributed by atoms with Crippen LogP contribution in [0.4, 0.5) is 5.69 Å². The highest BCUT2D eigenvalue weighted by Gasteiger charge is 2.25. The Labute approximate surface area is 112 Å². The van der Waals surface area contributed by atoms with Crippen LogP contribution in [0.2, 0.25) is 0 Å². The third-order valence-corrected chi connectivity index (χ3v) is 3.21. The summed E-state index contributed by atoms with van der Waals surface area (Å²) >= 11 is 0. The van der Waals surface area contributed by atoms with Crippen molar-refractivity contribution >= 4 is 5.69 Å². The van der Waals surface area contributed by atoms with Crippen molar-refractivity contribution in [2.75, 3.05) is 25.5 Å². The molecule has 0 aliphatic rings. The minimum absolute atomic E-state index is 0.231. The van der Waals surface area contributed by atoms with Crippen LogP contribution in [0.5, 0.6) is 0 Å². The number of hydrogen-bond donors (Lipinski definition) is 1. The van der Waals surface area contributed by atoms with Crippen molar-refractivity contribution in [1.29, 1.82) is 0 Å². The van der Waals surface area contributed by atoms with Crippen molar-refractivity contribution in [2.24, 2.45) is 5.41 Å². The minimum Gasteiger partial charge on any atom is -0.378 e. The van der Waals surface area contributed by atoms with Gasteiger partial charge in [-0.25, -0.2) is 0 Å². The lowest BCUT2D eigenvalue weighted by Crippen LogP contribution is -2.32. The SMILES string of the molecule is CCCNC(c1ccc(N(C)C)cc1)C(C)(C)C. The van der Waals surface area contributed by atoms with E-state index in [1.54, 1.807) is 0 Å². The van der Waals surface area contributed by atoms with E-state index in [0.29, 0.717) is 6.04 Å². The van der Waals surface area contributed by atoms with Gasteiger partial charge in [-0.3, -0.25) is 0 Å². The van der Waals surface area contributed by atoms with Crippen LogP contribution >= 0.6 is 0 Å². The van der Waals surface area contributed by atoms with E-state index in [1.807, 2.05) is 0 Å². The van der Waals surface area contributed by atoms with Crippen molar-refractivity contribution in [3.05, 3.63) is 29.8 Å². The normalized spacial score (nSPS) is 13.4. The predicted octanol–water partition coefficient (Wildman–Crippen LogP) is 3.84. The third-order valence-electron chi connectivity index (χ3n) is 3.21. The zero-order valence-electron chi connectivity index (χ0n) is 12.7. The first-order valence-electron chi connectivity index (χ1n) is 6.87. The average Bonchev–Trinajstić information content (AvgIpc) is 2.28. The molecule has 1 N–H and O–H groups in total. The maximum absolute atomic E-state index is 3.66. The highest BCUT2D eigenvalue weighted by Crippen LogP contribution is 2.33. The van der Waals surface area contributed by atoms with Gasteiger partial charge in [0.2, 0.25) is 0 Å². The van der Waals surface area contributed by atoms with Gasteiger partial charge in [0, 0.05) is 25.8 Å². The summed E-state index contributed by atoms with van der Waals surface area (Å²) in [5, 5.41) is 3.66. The zero-order chi connectivity index (χ0) is 13.8. The number of nitrogens with zero attached hydrogens (tertiary/aromatic N) is 1. The molecule has 1 rings (SSSR count). The second-order valence-corrected chi connectivity index (χ2v) is 6.24. The Hall–Kier alpha value is -1.02. The molecule has 0 aliphatic carbocycles. The fourth-order valence-electron chi connectivity index (χ4n) is 2.18. The van der Waals surface area contributed by atoms with Gasteiger partial charge in [-0.05, 0) is 36.1 Å². The molecule has 0 aliphatic heterocycles. The van der Waals surface area contributed by atoms with Crippen LogP contribution < -0.4 is 10.2 Å². The first kappa shape index (κ1) is 15.0. The van der Waals surface area contributed by atoms with Crippen molar-refractivity contribution in [1.82, 2.24) is 5.32 Å². The van der Waals surface area contributed by atoms with Crippen molar-refractivity contribution in [3.8, 4) is 0 Å². The lowest BCUT2D eigenvalue weighted by molar-refractivity contribution is 0.273. The fourth-order valence-corrected chi connectivity index (χ4v) is 2.18. The molecule has 0 spiro atoms. The monoisotopic (exact) mass is 248 g/mol. The van der Waals surface area contributed by atoms with Gasteiger partial charge in [0.05, 0.1) is 0 Å². The Morgan fingerprint density at radius 1 is 1.11 bits per heavy atom. The molecule has 0 saturated heterocycles. The summed E-state index contributed by atoms with van der Waals surface area (Å²) in [6.07, 6.45) is 1.17. The molecule has 2 nitrogen and oxygen atoms in total. The molecular formula is C16H28N2. The lowest BCUT2D eigenvalue weighted by Gasteiger charge is -2.32. The van der Waals surface area contributed by atoms with E-state index < -0.39 is 0 Å². The zero-order valence-corrected chi connectivity index (χ0v) is 12.7. The molecule has 2 heteroatoms. The van der Waals surface area contributed by atoms with Gasteiger partial charge in [0.15, 0.2) is 0 Å². The number of hydrogen-bond acceptors (Lipinski definition) is 2. The Balaban J connectivity index is 2.91. The van der Waals surface area contributed by atoms with Gasteiger partial charge in [0.1, 0.15) is 0 Å². The molecular weight excluding hydrogens is 220 g/mol. The Morgan fingerprint density at radius 2 is 1.67 bits per heavy atom. The summed E-state index contributed by atoms with van der Waals surface area (Å²) < 4.78 is 0. The molecule has 0 saturated carbocycles. The fraction of sp³-hybridized carbons (Fsp3) is 0.625. The molecule has 0 aromatic heterocycles. The molecule has 0 bridgehead atoms. The second kappa shape index (κ2) is 6.24. The highest BCUT2D eigenvalue weighted by atomic mass is 15.1. The van der Waals surface area contributed by atoms with Gasteiger partial charge in [-0.1, -0.05) is 39.8 Å². The topological polar surface area (TPSA) is 15.3 Å².